The number of anilines is 2. The Morgan fingerprint density at radius 3 is 2.37 bits per heavy atom. The topological polar surface area (TPSA) is 29.3 Å². The molecule has 0 aliphatic heterocycles. The molecule has 0 aliphatic rings. The van der Waals surface area contributed by atoms with Crippen LogP contribution in [0.2, 0.25) is 5.02 Å². The Kier molecular flexibility index (Phi) is 4.46. The van der Waals surface area contributed by atoms with Gasteiger partial charge in [0, 0.05) is 35.6 Å². The zero-order valence-corrected chi connectivity index (χ0v) is 12.1. The molecule has 2 rings (SSSR count). The molecule has 0 spiro atoms. The molecule has 0 saturated heterocycles. The Labute approximate surface area is 119 Å². The SMILES string of the molecule is CCc1ccc(N(C)c2cccc(Cl)c2CN)cc1. The lowest BCUT2D eigenvalue weighted by atomic mass is 10.1. The third-order valence-corrected chi connectivity index (χ3v) is 3.75. The van der Waals surface area contributed by atoms with Crippen molar-refractivity contribution in [1.82, 2.24) is 0 Å². The van der Waals surface area contributed by atoms with Crippen LogP contribution in [0.5, 0.6) is 0 Å². The van der Waals surface area contributed by atoms with Gasteiger partial charge in [-0.15, -0.1) is 0 Å². The molecule has 19 heavy (non-hydrogen) atoms. The molecule has 2 N–H and O–H groups in total. The monoisotopic (exact) mass is 274 g/mol. The molecule has 2 aromatic rings. The first-order valence-electron chi connectivity index (χ1n) is 6.47. The van der Waals surface area contributed by atoms with Gasteiger partial charge in [-0.2, -0.15) is 0 Å². The normalized spacial score (nSPS) is 10.5. The molecule has 0 aromatic heterocycles. The molecule has 0 fully saturated rings. The summed E-state index contributed by atoms with van der Waals surface area (Å²) < 4.78 is 0. The van der Waals surface area contributed by atoms with Crippen LogP contribution in [0.1, 0.15) is 18.1 Å². The van der Waals surface area contributed by atoms with Crippen molar-refractivity contribution >= 4 is 23.0 Å². The van der Waals surface area contributed by atoms with E-state index in [2.05, 4.69) is 36.1 Å². The summed E-state index contributed by atoms with van der Waals surface area (Å²) in [5.74, 6) is 0. The summed E-state index contributed by atoms with van der Waals surface area (Å²) in [4.78, 5) is 2.12. The molecule has 0 radical (unpaired) electrons. The first kappa shape index (κ1) is 13.9. The predicted octanol–water partition coefficient (Wildman–Crippen LogP) is 4.13. The Hall–Kier alpha value is -1.51. The van der Waals surface area contributed by atoms with E-state index in [1.54, 1.807) is 0 Å². The summed E-state index contributed by atoms with van der Waals surface area (Å²) in [7, 11) is 2.03. The second-order valence-corrected chi connectivity index (χ2v) is 4.93. The fraction of sp³-hybridized carbons (Fsp3) is 0.250. The van der Waals surface area contributed by atoms with Crippen LogP contribution >= 0.6 is 11.6 Å². The maximum absolute atomic E-state index is 6.20. The summed E-state index contributed by atoms with van der Waals surface area (Å²) in [5.41, 5.74) is 10.3. The van der Waals surface area contributed by atoms with Crippen LogP contribution in [0.25, 0.3) is 0 Å². The molecule has 0 bridgehead atoms. The summed E-state index contributed by atoms with van der Waals surface area (Å²) in [6.07, 6.45) is 1.05. The first-order valence-corrected chi connectivity index (χ1v) is 6.85. The quantitative estimate of drug-likeness (QED) is 0.908. The summed E-state index contributed by atoms with van der Waals surface area (Å²) >= 11 is 6.20. The second-order valence-electron chi connectivity index (χ2n) is 4.52. The van der Waals surface area contributed by atoms with Crippen LogP contribution in [-0.4, -0.2) is 7.05 Å². The second kappa shape index (κ2) is 6.09. The minimum absolute atomic E-state index is 0.437. The largest absolute Gasteiger partial charge is 0.344 e. The Morgan fingerprint density at radius 1 is 1.11 bits per heavy atom. The van der Waals surface area contributed by atoms with Gasteiger partial charge in [0.25, 0.3) is 0 Å². The third kappa shape index (κ3) is 2.91. The van der Waals surface area contributed by atoms with E-state index in [-0.39, 0.29) is 0 Å². The molecule has 0 unspecified atom stereocenters. The van der Waals surface area contributed by atoms with Gasteiger partial charge >= 0.3 is 0 Å². The van der Waals surface area contributed by atoms with E-state index in [9.17, 15) is 0 Å². The molecule has 2 aromatic carbocycles. The predicted molar refractivity (Wildman–Crippen MR) is 83.2 cm³/mol. The highest BCUT2D eigenvalue weighted by Crippen LogP contribution is 2.31. The van der Waals surface area contributed by atoms with Gasteiger partial charge in [-0.3, -0.25) is 0 Å². The number of aryl methyl sites for hydroxylation is 1. The lowest BCUT2D eigenvalue weighted by molar-refractivity contribution is 1.04. The van der Waals surface area contributed by atoms with E-state index in [4.69, 9.17) is 17.3 Å². The highest BCUT2D eigenvalue weighted by molar-refractivity contribution is 6.31. The fourth-order valence-electron chi connectivity index (χ4n) is 2.16. The van der Waals surface area contributed by atoms with E-state index >= 15 is 0 Å². The van der Waals surface area contributed by atoms with E-state index in [1.165, 1.54) is 5.56 Å². The van der Waals surface area contributed by atoms with Crippen LogP contribution in [0, 0.1) is 0 Å². The van der Waals surface area contributed by atoms with Crippen molar-refractivity contribution in [1.29, 1.82) is 0 Å². The minimum Gasteiger partial charge on any atom is -0.344 e. The smallest absolute Gasteiger partial charge is 0.0471 e. The van der Waals surface area contributed by atoms with E-state index in [0.29, 0.717) is 6.54 Å². The van der Waals surface area contributed by atoms with E-state index < -0.39 is 0 Å². The van der Waals surface area contributed by atoms with Crippen molar-refractivity contribution in [3.05, 3.63) is 58.6 Å². The van der Waals surface area contributed by atoms with Crippen molar-refractivity contribution in [2.45, 2.75) is 19.9 Å². The fourth-order valence-corrected chi connectivity index (χ4v) is 2.40. The average molecular weight is 275 g/mol. The van der Waals surface area contributed by atoms with Crippen molar-refractivity contribution in [2.24, 2.45) is 5.73 Å². The highest BCUT2D eigenvalue weighted by Gasteiger charge is 2.10. The van der Waals surface area contributed by atoms with E-state index in [0.717, 1.165) is 28.4 Å². The zero-order valence-electron chi connectivity index (χ0n) is 11.4. The summed E-state index contributed by atoms with van der Waals surface area (Å²) in [6.45, 7) is 2.59. The number of hydrogen-bond donors (Lipinski definition) is 1. The number of nitrogens with zero attached hydrogens (tertiary/aromatic N) is 1. The Bertz CT molecular complexity index is 549. The third-order valence-electron chi connectivity index (χ3n) is 3.39. The van der Waals surface area contributed by atoms with Gasteiger partial charge in [0.15, 0.2) is 0 Å². The minimum atomic E-state index is 0.437. The maximum Gasteiger partial charge on any atom is 0.0471 e. The van der Waals surface area contributed by atoms with Gasteiger partial charge in [0.05, 0.1) is 0 Å². The summed E-state index contributed by atoms with van der Waals surface area (Å²) in [5, 5.41) is 0.719. The van der Waals surface area contributed by atoms with Gasteiger partial charge in [0.1, 0.15) is 0 Å². The molecule has 0 atom stereocenters. The highest BCUT2D eigenvalue weighted by atomic mass is 35.5. The van der Waals surface area contributed by atoms with Crippen LogP contribution in [-0.2, 0) is 13.0 Å². The summed E-state index contributed by atoms with van der Waals surface area (Å²) in [6, 6.07) is 14.4. The molecular formula is C16H19ClN2. The first-order chi connectivity index (χ1) is 9.17. The van der Waals surface area contributed by atoms with Crippen LogP contribution in [0.4, 0.5) is 11.4 Å². The van der Waals surface area contributed by atoms with Crippen molar-refractivity contribution in [3.8, 4) is 0 Å². The van der Waals surface area contributed by atoms with Crippen LogP contribution < -0.4 is 10.6 Å². The van der Waals surface area contributed by atoms with Gasteiger partial charge in [-0.25, -0.2) is 0 Å². The van der Waals surface area contributed by atoms with E-state index in [1.807, 2.05) is 25.2 Å². The van der Waals surface area contributed by atoms with Crippen LogP contribution in [0.3, 0.4) is 0 Å². The number of nitrogens with two attached hydrogens (primary N) is 1. The molecule has 2 nitrogen and oxygen atoms in total. The van der Waals surface area contributed by atoms with Crippen molar-refractivity contribution < 1.29 is 0 Å². The number of hydrogen-bond acceptors (Lipinski definition) is 2. The molecule has 100 valence electrons. The van der Waals surface area contributed by atoms with Crippen molar-refractivity contribution in [3.63, 3.8) is 0 Å². The standard InChI is InChI=1S/C16H19ClN2/c1-3-12-7-9-13(10-8-12)19(2)16-6-4-5-15(17)14(16)11-18/h4-10H,3,11,18H2,1-2H3. The van der Waals surface area contributed by atoms with Crippen molar-refractivity contribution in [2.75, 3.05) is 11.9 Å². The number of benzene rings is 2. The lowest BCUT2D eigenvalue weighted by Gasteiger charge is -2.23. The Balaban J connectivity index is 2.37. The number of rotatable bonds is 4. The van der Waals surface area contributed by atoms with Gasteiger partial charge in [-0.1, -0.05) is 36.7 Å². The van der Waals surface area contributed by atoms with Gasteiger partial charge in [-0.05, 0) is 36.2 Å². The van der Waals surface area contributed by atoms with Gasteiger partial charge < -0.3 is 10.6 Å². The zero-order chi connectivity index (χ0) is 13.8. The van der Waals surface area contributed by atoms with Gasteiger partial charge in [0.2, 0.25) is 0 Å². The maximum atomic E-state index is 6.20. The molecule has 3 heteroatoms. The Morgan fingerprint density at radius 2 is 1.79 bits per heavy atom. The molecule has 0 heterocycles. The molecular weight excluding hydrogens is 256 g/mol. The number of halogens is 1. The average Bonchev–Trinajstić information content (AvgIpc) is 2.46. The van der Waals surface area contributed by atoms with Crippen LogP contribution in [0.15, 0.2) is 42.5 Å². The molecule has 0 aliphatic carbocycles. The molecule has 0 amide bonds. The lowest BCUT2D eigenvalue weighted by Crippen LogP contribution is -2.13. The molecule has 0 saturated carbocycles.